The quantitative estimate of drug-likeness (QED) is 0.0441. The van der Waals surface area contributed by atoms with Crippen molar-refractivity contribution >= 4 is 33.5 Å². The lowest BCUT2D eigenvalue weighted by Gasteiger charge is -2.29. The molecular weight excluding hydrogens is 731 g/mol. The van der Waals surface area contributed by atoms with Crippen molar-refractivity contribution in [3.05, 3.63) is 135 Å². The van der Waals surface area contributed by atoms with Crippen LogP contribution in [0, 0.1) is 36.2 Å². The molecule has 13 heteroatoms. The van der Waals surface area contributed by atoms with Crippen molar-refractivity contribution in [1.29, 1.82) is 0 Å². The predicted octanol–water partition coefficient (Wildman–Crippen LogP) is 8.67. The average molecular weight is 769 g/mol. The molecule has 1 heterocycles. The fraction of sp³-hybridized carbons (Fsp3) is 0.256. The molecule has 7 nitrogen and oxygen atoms in total. The van der Waals surface area contributed by atoms with Crippen LogP contribution < -0.4 is 4.74 Å². The van der Waals surface area contributed by atoms with Crippen LogP contribution in [0.3, 0.4) is 0 Å². The molecule has 0 N–H and O–H groups in total. The van der Waals surface area contributed by atoms with Crippen molar-refractivity contribution < 1.29 is 35.0 Å². The van der Waals surface area contributed by atoms with Crippen LogP contribution in [0.1, 0.15) is 41.8 Å². The van der Waals surface area contributed by atoms with Crippen molar-refractivity contribution in [2.45, 2.75) is 48.2 Å². The molecule has 5 rings (SSSR count). The minimum atomic E-state index is -4.18. The lowest BCUT2D eigenvalue weighted by molar-refractivity contribution is -0.905. The Morgan fingerprint density at radius 3 is 2.19 bits per heavy atom. The van der Waals surface area contributed by atoms with Gasteiger partial charge in [0.25, 0.3) is 6.23 Å². The number of hydrogen-bond donors (Lipinski definition) is 0. The Morgan fingerprint density at radius 2 is 1.60 bits per heavy atom. The molecule has 0 aliphatic rings. The van der Waals surface area contributed by atoms with Gasteiger partial charge < -0.3 is 4.74 Å². The number of methoxy groups -OCH3 is 1. The molecule has 0 saturated carbocycles. The van der Waals surface area contributed by atoms with E-state index in [2.05, 4.69) is 16.8 Å². The summed E-state index contributed by atoms with van der Waals surface area (Å²) < 4.78 is 83.8. The van der Waals surface area contributed by atoms with Gasteiger partial charge >= 0.3 is 10.1 Å². The first-order chi connectivity index (χ1) is 24.4. The molecule has 1 atom stereocenters. The third-order valence-electron chi connectivity index (χ3n) is 8.39. The van der Waals surface area contributed by atoms with E-state index >= 15 is 8.78 Å². The van der Waals surface area contributed by atoms with Crippen molar-refractivity contribution in [1.82, 2.24) is 9.55 Å². The standard InChI is InChI=1S/C39H38ClF3N3O4S2/c1-25-8-16-30(17-9-25)52(47,48)50-37(46(4,5)6)19-10-26-20-33(42)31(34(43)21-26)24-51-38-44-23-36(45(38)29-14-12-28(41)13-15-29)39(2,3)27-11-18-32(40)35(22-27)49-7/h8-9,11-18,20-23,37H,24H2,1-7H3/q+1. The van der Waals surface area contributed by atoms with Crippen LogP contribution in [0.2, 0.25) is 5.02 Å². The zero-order chi connectivity index (χ0) is 38.0. The maximum absolute atomic E-state index is 15.5. The molecule has 1 aromatic heterocycles. The van der Waals surface area contributed by atoms with Gasteiger partial charge in [-0.25, -0.2) is 18.2 Å². The Bertz CT molecular complexity index is 2240. The second kappa shape index (κ2) is 15.4. The molecule has 0 saturated heterocycles. The lowest BCUT2D eigenvalue weighted by Crippen LogP contribution is -2.46. The highest BCUT2D eigenvalue weighted by atomic mass is 35.5. The summed E-state index contributed by atoms with van der Waals surface area (Å²) >= 11 is 7.40. The van der Waals surface area contributed by atoms with E-state index in [9.17, 15) is 12.8 Å². The third kappa shape index (κ3) is 8.68. The molecule has 0 fully saturated rings. The topological polar surface area (TPSA) is 70.4 Å². The largest absolute Gasteiger partial charge is 0.495 e. The van der Waals surface area contributed by atoms with Crippen LogP contribution in [0.25, 0.3) is 5.69 Å². The lowest BCUT2D eigenvalue weighted by atomic mass is 9.81. The number of imidazole rings is 1. The van der Waals surface area contributed by atoms with Gasteiger partial charge in [-0.3, -0.25) is 9.05 Å². The number of aryl methyl sites for hydroxylation is 1. The van der Waals surface area contributed by atoms with Gasteiger partial charge in [0.2, 0.25) is 0 Å². The first-order valence-electron chi connectivity index (χ1n) is 16.0. The van der Waals surface area contributed by atoms with E-state index in [1.54, 1.807) is 57.7 Å². The van der Waals surface area contributed by atoms with Crippen LogP contribution in [0.4, 0.5) is 13.2 Å². The van der Waals surface area contributed by atoms with Crippen LogP contribution in [0.15, 0.2) is 95.1 Å². The molecule has 0 aliphatic carbocycles. The van der Waals surface area contributed by atoms with Gasteiger partial charge in [0.1, 0.15) is 23.2 Å². The summed E-state index contributed by atoms with van der Waals surface area (Å²) in [5.41, 5.74) is 2.24. The van der Waals surface area contributed by atoms with E-state index in [1.165, 1.54) is 31.4 Å². The average Bonchev–Trinajstić information content (AvgIpc) is 3.51. The van der Waals surface area contributed by atoms with Crippen LogP contribution in [-0.2, 0) is 25.5 Å². The van der Waals surface area contributed by atoms with E-state index in [4.69, 9.17) is 20.5 Å². The van der Waals surface area contributed by atoms with E-state index in [0.717, 1.165) is 40.7 Å². The molecule has 1 unspecified atom stereocenters. The second-order valence-corrected chi connectivity index (χ2v) is 16.4. The summed E-state index contributed by atoms with van der Waals surface area (Å²) in [5.74, 6) is 3.73. The summed E-state index contributed by atoms with van der Waals surface area (Å²) in [5, 5.41) is 0.884. The van der Waals surface area contributed by atoms with Gasteiger partial charge in [-0.15, -0.1) is 0 Å². The number of quaternary nitrogens is 1. The highest BCUT2D eigenvalue weighted by molar-refractivity contribution is 7.98. The number of nitrogens with zero attached hydrogens (tertiary/aromatic N) is 3. The Kier molecular flexibility index (Phi) is 11.5. The van der Waals surface area contributed by atoms with Crippen LogP contribution in [-0.4, -0.2) is 56.9 Å². The number of thioether (sulfide) groups is 1. The van der Waals surface area contributed by atoms with Gasteiger partial charge in [-0.2, -0.15) is 12.6 Å². The number of rotatable bonds is 11. The van der Waals surface area contributed by atoms with E-state index in [0.29, 0.717) is 21.6 Å². The van der Waals surface area contributed by atoms with Gasteiger partial charge in [0, 0.05) is 28.0 Å². The minimum Gasteiger partial charge on any atom is -0.495 e. The first kappa shape index (κ1) is 39.0. The summed E-state index contributed by atoms with van der Waals surface area (Å²) in [7, 11) is 2.43. The van der Waals surface area contributed by atoms with Crippen molar-refractivity contribution in [3.8, 4) is 23.3 Å². The van der Waals surface area contributed by atoms with Crippen LogP contribution in [0.5, 0.6) is 5.75 Å². The molecule has 0 spiro atoms. The number of benzene rings is 4. The highest BCUT2D eigenvalue weighted by Crippen LogP contribution is 2.39. The van der Waals surface area contributed by atoms with Crippen molar-refractivity contribution in [2.75, 3.05) is 28.3 Å². The fourth-order valence-electron chi connectivity index (χ4n) is 5.24. The maximum Gasteiger partial charge on any atom is 0.302 e. The molecule has 0 amide bonds. The van der Waals surface area contributed by atoms with E-state index in [-0.39, 0.29) is 26.3 Å². The summed E-state index contributed by atoms with van der Waals surface area (Å²) in [4.78, 5) is 4.60. The number of aromatic nitrogens is 2. The third-order valence-corrected chi connectivity index (χ3v) is 11.0. The molecule has 52 heavy (non-hydrogen) atoms. The molecular formula is C39H38ClF3N3O4S2+. The normalized spacial score (nSPS) is 12.7. The fourth-order valence-corrected chi connectivity index (χ4v) is 7.57. The summed E-state index contributed by atoms with van der Waals surface area (Å²) in [6.45, 7) is 5.82. The van der Waals surface area contributed by atoms with Gasteiger partial charge in [0.05, 0.1) is 50.1 Å². The van der Waals surface area contributed by atoms with Crippen molar-refractivity contribution in [3.63, 3.8) is 0 Å². The second-order valence-electron chi connectivity index (χ2n) is 13.5. The molecule has 0 radical (unpaired) electrons. The van der Waals surface area contributed by atoms with Crippen molar-refractivity contribution in [2.24, 2.45) is 0 Å². The zero-order valence-electron chi connectivity index (χ0n) is 29.7. The number of halogens is 4. The molecule has 5 aromatic rings. The van der Waals surface area contributed by atoms with Gasteiger partial charge in [0.15, 0.2) is 5.16 Å². The first-order valence-corrected chi connectivity index (χ1v) is 18.8. The number of hydrogen-bond acceptors (Lipinski definition) is 6. The minimum absolute atomic E-state index is 0.00812. The smallest absolute Gasteiger partial charge is 0.302 e. The highest BCUT2D eigenvalue weighted by Gasteiger charge is 2.32. The Labute approximate surface area is 312 Å². The number of ether oxygens (including phenoxy) is 1. The summed E-state index contributed by atoms with van der Waals surface area (Å²) in [6.07, 6.45) is 0.508. The van der Waals surface area contributed by atoms with Gasteiger partial charge in [-0.05, 0) is 79.1 Å². The predicted molar refractivity (Wildman–Crippen MR) is 198 cm³/mol. The maximum atomic E-state index is 15.5. The molecule has 0 aliphatic heterocycles. The molecule has 4 aromatic carbocycles. The van der Waals surface area contributed by atoms with E-state index in [1.807, 2.05) is 37.5 Å². The SMILES string of the molecule is COc1cc(C(C)(C)c2cnc(SCc3c(F)cc(C#CC(OS(=O)(=O)c4ccc(C)cc4)[N+](C)(C)C)cc3F)n2-c2ccc(F)cc2)ccc1Cl. The molecule has 272 valence electrons. The Morgan fingerprint density at radius 1 is 0.962 bits per heavy atom. The zero-order valence-corrected chi connectivity index (χ0v) is 32.1. The Hall–Kier alpha value is -4.25. The monoisotopic (exact) mass is 768 g/mol. The summed E-state index contributed by atoms with van der Waals surface area (Å²) in [6, 6.07) is 19.7. The van der Waals surface area contributed by atoms with E-state index < -0.39 is 39.2 Å². The van der Waals surface area contributed by atoms with Crippen LogP contribution >= 0.6 is 23.4 Å². The molecule has 0 bridgehead atoms. The Balaban J connectivity index is 1.43. The van der Waals surface area contributed by atoms with Gasteiger partial charge in [-0.1, -0.05) is 66.9 Å².